The zero-order chi connectivity index (χ0) is 13.7. The Morgan fingerprint density at radius 2 is 2.00 bits per heavy atom. The van der Waals surface area contributed by atoms with E-state index in [1.165, 1.54) is 12.3 Å². The molecule has 1 unspecified atom stereocenters. The van der Waals surface area contributed by atoms with E-state index in [2.05, 4.69) is 15.0 Å². The second-order valence-electron chi connectivity index (χ2n) is 3.55. The van der Waals surface area contributed by atoms with Crippen LogP contribution in [0.5, 0.6) is 5.88 Å². The molecule has 0 bridgehead atoms. The van der Waals surface area contributed by atoms with Gasteiger partial charge in [0, 0.05) is 6.07 Å². The van der Waals surface area contributed by atoms with Crippen molar-refractivity contribution in [3.8, 4) is 5.88 Å². The SMILES string of the molecule is O=C(O)NC(C(=O)Oc1ccon1)c1ccccc1. The number of ether oxygens (including phenoxy) is 1. The smallest absolute Gasteiger partial charge is 0.405 e. The first-order valence-electron chi connectivity index (χ1n) is 5.33. The van der Waals surface area contributed by atoms with E-state index in [0.717, 1.165) is 0 Å². The molecule has 0 aliphatic carbocycles. The monoisotopic (exact) mass is 262 g/mol. The number of rotatable bonds is 4. The number of carbonyl (C=O) groups is 2. The Hall–Kier alpha value is -2.83. The summed E-state index contributed by atoms with van der Waals surface area (Å²) in [6, 6.07) is 8.58. The van der Waals surface area contributed by atoms with Crippen molar-refractivity contribution < 1.29 is 24.0 Å². The van der Waals surface area contributed by atoms with E-state index in [0.29, 0.717) is 5.56 Å². The summed E-state index contributed by atoms with van der Waals surface area (Å²) in [5.41, 5.74) is 0.471. The minimum absolute atomic E-state index is 0.0295. The van der Waals surface area contributed by atoms with E-state index in [-0.39, 0.29) is 5.88 Å². The van der Waals surface area contributed by atoms with Gasteiger partial charge in [0.1, 0.15) is 6.26 Å². The van der Waals surface area contributed by atoms with Crippen molar-refractivity contribution >= 4 is 12.1 Å². The van der Waals surface area contributed by atoms with Crippen LogP contribution in [0.2, 0.25) is 0 Å². The Morgan fingerprint density at radius 1 is 1.26 bits per heavy atom. The molecule has 0 aliphatic rings. The van der Waals surface area contributed by atoms with E-state index >= 15 is 0 Å². The molecule has 0 aliphatic heterocycles. The molecule has 19 heavy (non-hydrogen) atoms. The van der Waals surface area contributed by atoms with Crippen LogP contribution in [0.4, 0.5) is 4.79 Å². The molecule has 1 atom stereocenters. The highest BCUT2D eigenvalue weighted by Gasteiger charge is 2.25. The van der Waals surface area contributed by atoms with Gasteiger partial charge in [-0.1, -0.05) is 30.3 Å². The second-order valence-corrected chi connectivity index (χ2v) is 3.55. The number of nitrogens with one attached hydrogen (secondary N) is 1. The highest BCUT2D eigenvalue weighted by Crippen LogP contribution is 2.16. The van der Waals surface area contributed by atoms with Gasteiger partial charge in [0.25, 0.3) is 5.88 Å². The molecule has 2 N–H and O–H groups in total. The van der Waals surface area contributed by atoms with E-state index in [9.17, 15) is 9.59 Å². The molecule has 0 spiro atoms. The number of aromatic nitrogens is 1. The van der Waals surface area contributed by atoms with Crippen molar-refractivity contribution in [2.75, 3.05) is 0 Å². The number of hydrogen-bond acceptors (Lipinski definition) is 5. The van der Waals surface area contributed by atoms with Crippen LogP contribution in [0.15, 0.2) is 47.2 Å². The summed E-state index contributed by atoms with van der Waals surface area (Å²) >= 11 is 0. The van der Waals surface area contributed by atoms with Gasteiger partial charge >= 0.3 is 12.1 Å². The van der Waals surface area contributed by atoms with Crippen LogP contribution in [0.3, 0.4) is 0 Å². The third kappa shape index (κ3) is 3.32. The fraction of sp³-hybridized carbons (Fsp3) is 0.0833. The van der Waals surface area contributed by atoms with Crippen LogP contribution in [-0.2, 0) is 4.79 Å². The molecule has 1 heterocycles. The standard InChI is InChI=1S/C12H10N2O5/c15-11(19-9-6-7-18-14-9)10(13-12(16)17)8-4-2-1-3-5-8/h1-7,10,13H,(H,16,17). The third-order valence-corrected chi connectivity index (χ3v) is 2.26. The molecular weight excluding hydrogens is 252 g/mol. The van der Waals surface area contributed by atoms with Crippen molar-refractivity contribution in [2.45, 2.75) is 6.04 Å². The lowest BCUT2D eigenvalue weighted by molar-refractivity contribution is -0.137. The number of esters is 1. The maximum atomic E-state index is 11.9. The molecule has 2 rings (SSSR count). The molecule has 0 radical (unpaired) electrons. The molecule has 1 amide bonds. The number of nitrogens with zero attached hydrogens (tertiary/aromatic N) is 1. The van der Waals surface area contributed by atoms with E-state index in [1.807, 2.05) is 0 Å². The topological polar surface area (TPSA) is 102 Å². The number of carbonyl (C=O) groups excluding carboxylic acids is 1. The second kappa shape index (κ2) is 5.67. The van der Waals surface area contributed by atoms with Crippen LogP contribution in [0.1, 0.15) is 11.6 Å². The molecule has 7 heteroatoms. The number of hydrogen-bond donors (Lipinski definition) is 2. The van der Waals surface area contributed by atoms with Crippen molar-refractivity contribution in [2.24, 2.45) is 0 Å². The lowest BCUT2D eigenvalue weighted by Gasteiger charge is -2.14. The Labute approximate surface area is 107 Å². The molecule has 0 fully saturated rings. The summed E-state index contributed by atoms with van der Waals surface area (Å²) < 4.78 is 9.42. The van der Waals surface area contributed by atoms with Gasteiger partial charge in [-0.25, -0.2) is 9.59 Å². The Morgan fingerprint density at radius 3 is 2.58 bits per heavy atom. The molecular formula is C12H10N2O5. The van der Waals surface area contributed by atoms with E-state index in [1.54, 1.807) is 30.3 Å². The van der Waals surface area contributed by atoms with Gasteiger partial charge in [-0.05, 0) is 10.7 Å². The van der Waals surface area contributed by atoms with Gasteiger partial charge in [0.15, 0.2) is 6.04 Å². The van der Waals surface area contributed by atoms with Gasteiger partial charge < -0.3 is 19.7 Å². The van der Waals surface area contributed by atoms with Gasteiger partial charge in [-0.3, -0.25) is 0 Å². The fourth-order valence-corrected chi connectivity index (χ4v) is 1.46. The molecule has 0 saturated heterocycles. The van der Waals surface area contributed by atoms with Crippen LogP contribution in [0, 0.1) is 0 Å². The van der Waals surface area contributed by atoms with Crippen LogP contribution in [-0.4, -0.2) is 22.3 Å². The maximum Gasteiger partial charge on any atom is 0.405 e. The maximum absolute atomic E-state index is 11.9. The van der Waals surface area contributed by atoms with Gasteiger partial charge in [-0.15, -0.1) is 0 Å². The summed E-state index contributed by atoms with van der Waals surface area (Å²) in [5.74, 6) is -0.819. The summed E-state index contributed by atoms with van der Waals surface area (Å²) in [6.45, 7) is 0. The zero-order valence-corrected chi connectivity index (χ0v) is 9.65. The van der Waals surface area contributed by atoms with Gasteiger partial charge in [0.05, 0.1) is 0 Å². The highest BCUT2D eigenvalue weighted by molar-refractivity contribution is 5.83. The molecule has 98 valence electrons. The largest absolute Gasteiger partial charge is 0.465 e. The quantitative estimate of drug-likeness (QED) is 0.811. The summed E-state index contributed by atoms with van der Waals surface area (Å²) in [7, 11) is 0. The molecule has 0 saturated carbocycles. The molecule has 1 aromatic carbocycles. The molecule has 1 aromatic heterocycles. The lowest BCUT2D eigenvalue weighted by Crippen LogP contribution is -2.35. The molecule has 7 nitrogen and oxygen atoms in total. The number of benzene rings is 1. The number of carboxylic acid groups (broad SMARTS) is 1. The first-order chi connectivity index (χ1) is 9.16. The van der Waals surface area contributed by atoms with Crippen LogP contribution < -0.4 is 10.1 Å². The van der Waals surface area contributed by atoms with Crippen molar-refractivity contribution in [3.05, 3.63) is 48.2 Å². The first kappa shape index (κ1) is 12.6. The Bertz CT molecular complexity index is 553. The zero-order valence-electron chi connectivity index (χ0n) is 9.65. The Balaban J connectivity index is 2.18. The predicted octanol–water partition coefficient (Wildman–Crippen LogP) is 1.59. The van der Waals surface area contributed by atoms with Gasteiger partial charge in [-0.2, -0.15) is 0 Å². The lowest BCUT2D eigenvalue weighted by atomic mass is 10.1. The Kier molecular flexibility index (Phi) is 3.77. The van der Waals surface area contributed by atoms with E-state index in [4.69, 9.17) is 9.84 Å². The third-order valence-electron chi connectivity index (χ3n) is 2.26. The first-order valence-corrected chi connectivity index (χ1v) is 5.33. The van der Waals surface area contributed by atoms with E-state index < -0.39 is 18.1 Å². The van der Waals surface area contributed by atoms with Crippen LogP contribution >= 0.6 is 0 Å². The minimum Gasteiger partial charge on any atom is -0.465 e. The van der Waals surface area contributed by atoms with Crippen molar-refractivity contribution in [1.82, 2.24) is 10.5 Å². The van der Waals surface area contributed by atoms with Crippen molar-refractivity contribution in [3.63, 3.8) is 0 Å². The average Bonchev–Trinajstić information content (AvgIpc) is 2.89. The normalized spacial score (nSPS) is 11.6. The van der Waals surface area contributed by atoms with Crippen molar-refractivity contribution in [1.29, 1.82) is 0 Å². The average molecular weight is 262 g/mol. The molecule has 2 aromatic rings. The summed E-state index contributed by atoms with van der Waals surface area (Å²) in [6.07, 6.45) is -0.0870. The summed E-state index contributed by atoms with van der Waals surface area (Å²) in [4.78, 5) is 22.7. The number of amides is 1. The predicted molar refractivity (Wildman–Crippen MR) is 62.5 cm³/mol. The van der Waals surface area contributed by atoms with Gasteiger partial charge in [0.2, 0.25) is 0 Å². The fourth-order valence-electron chi connectivity index (χ4n) is 1.46. The summed E-state index contributed by atoms with van der Waals surface area (Å²) in [5, 5.41) is 14.3. The highest BCUT2D eigenvalue weighted by atomic mass is 16.6. The minimum atomic E-state index is -1.33. The van der Waals surface area contributed by atoms with Crippen LogP contribution in [0.25, 0.3) is 0 Å².